The Morgan fingerprint density at radius 1 is 0.714 bits per heavy atom. The van der Waals surface area contributed by atoms with Gasteiger partial charge in [-0.15, -0.1) is 0 Å². The Balaban J connectivity index is 1.90. The first-order valence-electron chi connectivity index (χ1n) is 5.99. The predicted molar refractivity (Wildman–Crippen MR) is 53.7 cm³/mol. The highest BCUT2D eigenvalue weighted by Gasteiger charge is 2.34. The fraction of sp³-hybridized carbons (Fsp3) is 0.833. The normalized spacial score (nSPS) is 37.7. The van der Waals surface area contributed by atoms with Crippen molar-refractivity contribution in [1.29, 1.82) is 0 Å². The number of rotatable bonds is 0. The van der Waals surface area contributed by atoms with Gasteiger partial charge in [0, 0.05) is 0 Å². The summed E-state index contributed by atoms with van der Waals surface area (Å²) in [7, 11) is 0. The summed E-state index contributed by atoms with van der Waals surface area (Å²) in [4.78, 5) is 11.0. The lowest BCUT2D eigenvalue weighted by Crippen LogP contribution is -2.34. The van der Waals surface area contributed by atoms with E-state index in [1.54, 1.807) is 11.1 Å². The summed E-state index contributed by atoms with van der Waals surface area (Å²) in [5.41, 5.74) is 3.21. The summed E-state index contributed by atoms with van der Waals surface area (Å²) < 4.78 is 0. The van der Waals surface area contributed by atoms with Crippen molar-refractivity contribution in [3.63, 3.8) is 0 Å². The van der Waals surface area contributed by atoms with E-state index in [1.165, 1.54) is 51.4 Å². The maximum atomic E-state index is 5.49. The molecule has 2 fully saturated rings. The third kappa shape index (κ3) is 1.41. The maximum absolute atomic E-state index is 5.49. The highest BCUT2D eigenvalue weighted by molar-refractivity contribution is 5.26. The van der Waals surface area contributed by atoms with E-state index in [2.05, 4.69) is 0 Å². The van der Waals surface area contributed by atoms with Crippen LogP contribution in [0.2, 0.25) is 0 Å². The van der Waals surface area contributed by atoms with E-state index in [1.807, 2.05) is 0 Å². The van der Waals surface area contributed by atoms with Crippen molar-refractivity contribution in [2.45, 2.75) is 63.6 Å². The molecule has 0 amide bonds. The van der Waals surface area contributed by atoms with Crippen molar-refractivity contribution in [1.82, 2.24) is 0 Å². The smallest absolute Gasteiger partial charge is 0.114 e. The molecule has 0 radical (unpaired) electrons. The lowest BCUT2D eigenvalue weighted by molar-refractivity contribution is -0.350. The summed E-state index contributed by atoms with van der Waals surface area (Å²) in [5, 5.41) is 0. The van der Waals surface area contributed by atoms with Crippen molar-refractivity contribution in [2.24, 2.45) is 0 Å². The molecule has 1 aliphatic heterocycles. The minimum atomic E-state index is 0.313. The largest absolute Gasteiger partial charge is 0.228 e. The second-order valence-electron chi connectivity index (χ2n) is 4.71. The molecule has 0 bridgehead atoms. The van der Waals surface area contributed by atoms with E-state index < -0.39 is 0 Å². The highest BCUT2D eigenvalue weighted by Crippen LogP contribution is 2.40. The molecule has 2 nitrogen and oxygen atoms in total. The third-order valence-corrected chi connectivity index (χ3v) is 3.80. The fourth-order valence-corrected chi connectivity index (χ4v) is 3.04. The molecule has 2 heteroatoms. The third-order valence-electron chi connectivity index (χ3n) is 3.80. The summed E-state index contributed by atoms with van der Waals surface area (Å²) in [5.74, 6) is 0. The molecule has 2 atom stereocenters. The molecule has 1 heterocycles. The van der Waals surface area contributed by atoms with E-state index in [-0.39, 0.29) is 0 Å². The van der Waals surface area contributed by atoms with Gasteiger partial charge in [-0.05, 0) is 49.7 Å². The minimum Gasteiger partial charge on any atom is -0.228 e. The molecular weight excluding hydrogens is 176 g/mol. The Bertz CT molecular complexity index is 231. The predicted octanol–water partition coefficient (Wildman–Crippen LogP) is 3.13. The topological polar surface area (TPSA) is 18.5 Å². The van der Waals surface area contributed by atoms with Gasteiger partial charge in [0.05, 0.1) is 0 Å². The molecule has 0 aromatic heterocycles. The summed E-state index contributed by atoms with van der Waals surface area (Å²) in [6.07, 6.45) is 10.8. The summed E-state index contributed by atoms with van der Waals surface area (Å²) >= 11 is 0. The van der Waals surface area contributed by atoms with Crippen LogP contribution in [0.1, 0.15) is 51.4 Å². The van der Waals surface area contributed by atoms with E-state index >= 15 is 0 Å². The minimum absolute atomic E-state index is 0.313. The zero-order valence-corrected chi connectivity index (χ0v) is 8.63. The van der Waals surface area contributed by atoms with Crippen LogP contribution in [0.15, 0.2) is 11.1 Å². The van der Waals surface area contributed by atoms with Gasteiger partial charge in [-0.25, -0.2) is 9.78 Å². The zero-order chi connectivity index (χ0) is 9.38. The second kappa shape index (κ2) is 3.67. The van der Waals surface area contributed by atoms with Gasteiger partial charge in [0.15, 0.2) is 0 Å². The molecule has 0 aromatic carbocycles. The molecule has 3 rings (SSSR count). The molecule has 2 unspecified atom stereocenters. The first-order valence-corrected chi connectivity index (χ1v) is 5.99. The molecule has 0 spiro atoms. The molecule has 2 saturated carbocycles. The van der Waals surface area contributed by atoms with Gasteiger partial charge in [0.1, 0.15) is 12.2 Å². The SMILES string of the molecule is C1CCC2OOC3CCCCC3=C2C1. The molecule has 0 N–H and O–H groups in total. The van der Waals surface area contributed by atoms with E-state index in [4.69, 9.17) is 9.78 Å². The fourth-order valence-electron chi connectivity index (χ4n) is 3.04. The van der Waals surface area contributed by atoms with Crippen LogP contribution in [-0.4, -0.2) is 12.2 Å². The van der Waals surface area contributed by atoms with Gasteiger partial charge < -0.3 is 0 Å². The Morgan fingerprint density at radius 3 is 1.71 bits per heavy atom. The second-order valence-corrected chi connectivity index (χ2v) is 4.71. The van der Waals surface area contributed by atoms with Gasteiger partial charge in [-0.3, -0.25) is 0 Å². The van der Waals surface area contributed by atoms with Crippen molar-refractivity contribution < 1.29 is 9.78 Å². The average molecular weight is 194 g/mol. The van der Waals surface area contributed by atoms with Crippen LogP contribution in [0, 0.1) is 0 Å². The van der Waals surface area contributed by atoms with Gasteiger partial charge in [0.25, 0.3) is 0 Å². The Kier molecular flexibility index (Phi) is 2.34. The maximum Gasteiger partial charge on any atom is 0.114 e. The standard InChI is InChI=1S/C12H18O2/c1-3-7-11-9(5-1)10-6-2-4-8-12(10)14-13-11/h11-12H,1-8H2. The lowest BCUT2D eigenvalue weighted by Gasteiger charge is -2.37. The molecule has 0 saturated heterocycles. The molecular formula is C12H18O2. The summed E-state index contributed by atoms with van der Waals surface area (Å²) in [6, 6.07) is 0. The van der Waals surface area contributed by atoms with Gasteiger partial charge in [-0.1, -0.05) is 12.8 Å². The van der Waals surface area contributed by atoms with Crippen LogP contribution in [0.4, 0.5) is 0 Å². The van der Waals surface area contributed by atoms with Gasteiger partial charge in [0.2, 0.25) is 0 Å². The van der Waals surface area contributed by atoms with Crippen molar-refractivity contribution in [3.05, 3.63) is 11.1 Å². The van der Waals surface area contributed by atoms with Gasteiger partial charge in [-0.2, -0.15) is 0 Å². The molecule has 0 aromatic rings. The van der Waals surface area contributed by atoms with E-state index in [9.17, 15) is 0 Å². The van der Waals surface area contributed by atoms with Crippen LogP contribution in [0.5, 0.6) is 0 Å². The number of fused-ring (bicyclic) bond motifs is 2. The number of hydrogen-bond donors (Lipinski definition) is 0. The Labute approximate surface area is 85.2 Å². The molecule has 14 heavy (non-hydrogen) atoms. The molecule has 2 aliphatic carbocycles. The Morgan fingerprint density at radius 2 is 1.21 bits per heavy atom. The van der Waals surface area contributed by atoms with Crippen molar-refractivity contribution in [3.8, 4) is 0 Å². The highest BCUT2D eigenvalue weighted by atomic mass is 17.2. The van der Waals surface area contributed by atoms with Crippen LogP contribution in [0.25, 0.3) is 0 Å². The average Bonchev–Trinajstić information content (AvgIpc) is 2.29. The first kappa shape index (κ1) is 8.93. The van der Waals surface area contributed by atoms with Crippen LogP contribution in [0.3, 0.4) is 0 Å². The lowest BCUT2D eigenvalue weighted by atomic mass is 9.81. The molecule has 3 aliphatic rings. The van der Waals surface area contributed by atoms with Crippen LogP contribution >= 0.6 is 0 Å². The van der Waals surface area contributed by atoms with Crippen LogP contribution in [-0.2, 0) is 9.78 Å². The number of hydrogen-bond acceptors (Lipinski definition) is 2. The van der Waals surface area contributed by atoms with E-state index in [0.717, 1.165) is 0 Å². The van der Waals surface area contributed by atoms with Crippen molar-refractivity contribution >= 4 is 0 Å². The van der Waals surface area contributed by atoms with Crippen LogP contribution < -0.4 is 0 Å². The zero-order valence-electron chi connectivity index (χ0n) is 8.63. The van der Waals surface area contributed by atoms with E-state index in [0.29, 0.717) is 12.2 Å². The Hall–Kier alpha value is -0.340. The van der Waals surface area contributed by atoms with Gasteiger partial charge >= 0.3 is 0 Å². The molecule has 78 valence electrons. The summed E-state index contributed by atoms with van der Waals surface area (Å²) in [6.45, 7) is 0. The quantitative estimate of drug-likeness (QED) is 0.435. The monoisotopic (exact) mass is 194 g/mol. The van der Waals surface area contributed by atoms with Crippen molar-refractivity contribution in [2.75, 3.05) is 0 Å². The first-order chi connectivity index (χ1) is 6.95.